The molecule has 0 spiro atoms. The van der Waals surface area contributed by atoms with Gasteiger partial charge < -0.3 is 0 Å². The highest BCUT2D eigenvalue weighted by Gasteiger charge is 2.21. The maximum Gasteiger partial charge on any atom is 0.194 e. The number of hydrogen-bond acceptors (Lipinski definition) is 0. The predicted molar refractivity (Wildman–Crippen MR) is 63.4 cm³/mol. The van der Waals surface area contributed by atoms with Crippen molar-refractivity contribution < 1.29 is 26.3 Å². The number of halogens is 7. The Morgan fingerprint density at radius 3 is 1.70 bits per heavy atom. The Kier molecular flexibility index (Phi) is 4.08. The smallest absolute Gasteiger partial charge is 0.194 e. The second-order valence-electron chi connectivity index (χ2n) is 3.95. The summed E-state index contributed by atoms with van der Waals surface area (Å²) < 4.78 is 78.5. The number of hydrogen-bond donors (Lipinski definition) is 0. The van der Waals surface area contributed by atoms with E-state index in [0.717, 1.165) is 0 Å². The lowest BCUT2D eigenvalue weighted by atomic mass is 10.0. The zero-order chi connectivity index (χ0) is 15.0. The minimum Gasteiger partial charge on any atom is -0.207 e. The van der Waals surface area contributed by atoms with Crippen molar-refractivity contribution in [3.05, 3.63) is 70.3 Å². The first-order valence-corrected chi connectivity index (χ1v) is 6.15. The third-order valence-corrected chi connectivity index (χ3v) is 3.63. The van der Waals surface area contributed by atoms with Gasteiger partial charge in [0.25, 0.3) is 0 Å². The van der Waals surface area contributed by atoms with Crippen LogP contribution in [-0.4, -0.2) is 0 Å². The van der Waals surface area contributed by atoms with E-state index in [1.165, 1.54) is 0 Å². The van der Waals surface area contributed by atoms with Gasteiger partial charge in [0.2, 0.25) is 0 Å². The molecule has 0 N–H and O–H groups in total. The summed E-state index contributed by atoms with van der Waals surface area (Å²) in [5.41, 5.74) is -0.541. The Bertz CT molecular complexity index is 647. The number of benzene rings is 2. The molecule has 2 aromatic carbocycles. The minimum atomic E-state index is -1.67. The van der Waals surface area contributed by atoms with Crippen molar-refractivity contribution in [1.29, 1.82) is 0 Å². The molecule has 0 aromatic heterocycles. The van der Waals surface area contributed by atoms with E-state index in [1.54, 1.807) is 0 Å². The van der Waals surface area contributed by atoms with Gasteiger partial charge in [-0.1, -0.05) is 15.9 Å². The molecule has 1 unspecified atom stereocenters. The summed E-state index contributed by atoms with van der Waals surface area (Å²) in [5, 5.41) is 0. The van der Waals surface area contributed by atoms with Crippen LogP contribution >= 0.6 is 15.9 Å². The van der Waals surface area contributed by atoms with Gasteiger partial charge in [-0.15, -0.1) is 0 Å². The molecule has 0 saturated heterocycles. The fraction of sp³-hybridized carbons (Fsp3) is 0.0769. The van der Waals surface area contributed by atoms with Crippen molar-refractivity contribution in [2.24, 2.45) is 0 Å². The second-order valence-corrected chi connectivity index (χ2v) is 4.86. The van der Waals surface area contributed by atoms with Crippen LogP contribution in [0.2, 0.25) is 0 Å². The molecule has 0 bridgehead atoms. The standard InChI is InChI=1S/C13H5BrF6/c14-12(5-1-10(18)13(20)11(19)2-5)6-3-8(16)9(17)4-7(6)15/h1-4,12H. The average Bonchev–Trinajstić information content (AvgIpc) is 2.38. The lowest BCUT2D eigenvalue weighted by molar-refractivity contribution is 0.445. The molecule has 0 amide bonds. The van der Waals surface area contributed by atoms with Crippen molar-refractivity contribution in [3.63, 3.8) is 0 Å². The van der Waals surface area contributed by atoms with E-state index in [2.05, 4.69) is 15.9 Å². The molecule has 7 heteroatoms. The molecule has 0 heterocycles. The van der Waals surface area contributed by atoms with E-state index in [4.69, 9.17) is 0 Å². The van der Waals surface area contributed by atoms with E-state index in [1.807, 2.05) is 0 Å². The third-order valence-electron chi connectivity index (χ3n) is 2.61. The molecular weight excluding hydrogens is 350 g/mol. The van der Waals surface area contributed by atoms with Gasteiger partial charge in [-0.3, -0.25) is 0 Å². The lowest BCUT2D eigenvalue weighted by Gasteiger charge is -2.13. The van der Waals surface area contributed by atoms with Gasteiger partial charge in [-0.25, -0.2) is 26.3 Å². The van der Waals surface area contributed by atoms with Crippen molar-refractivity contribution in [2.75, 3.05) is 0 Å². The van der Waals surface area contributed by atoms with Gasteiger partial charge in [0.05, 0.1) is 4.83 Å². The molecule has 0 aliphatic heterocycles. The van der Waals surface area contributed by atoms with Crippen molar-refractivity contribution in [2.45, 2.75) is 4.83 Å². The average molecular weight is 355 g/mol. The van der Waals surface area contributed by atoms with Crippen molar-refractivity contribution >= 4 is 15.9 Å². The van der Waals surface area contributed by atoms with E-state index in [-0.39, 0.29) is 11.1 Å². The fourth-order valence-electron chi connectivity index (χ4n) is 1.63. The predicted octanol–water partition coefficient (Wildman–Crippen LogP) is 5.01. The van der Waals surface area contributed by atoms with Gasteiger partial charge in [0.15, 0.2) is 29.1 Å². The van der Waals surface area contributed by atoms with Crippen LogP contribution in [0.1, 0.15) is 16.0 Å². The van der Waals surface area contributed by atoms with Gasteiger partial charge in [-0.05, 0) is 23.8 Å². The van der Waals surface area contributed by atoms with Crippen LogP contribution in [0.15, 0.2) is 24.3 Å². The van der Waals surface area contributed by atoms with Crippen LogP contribution in [0.4, 0.5) is 26.3 Å². The molecule has 0 aliphatic carbocycles. The highest BCUT2D eigenvalue weighted by atomic mass is 79.9. The molecule has 2 rings (SSSR count). The van der Waals surface area contributed by atoms with Crippen LogP contribution in [-0.2, 0) is 0 Å². The molecule has 0 radical (unpaired) electrons. The van der Waals surface area contributed by atoms with E-state index >= 15 is 0 Å². The van der Waals surface area contributed by atoms with Crippen molar-refractivity contribution in [3.8, 4) is 0 Å². The molecule has 0 fully saturated rings. The maximum absolute atomic E-state index is 13.5. The third kappa shape index (κ3) is 2.67. The molecule has 106 valence electrons. The van der Waals surface area contributed by atoms with Crippen LogP contribution in [0.3, 0.4) is 0 Å². The summed E-state index contributed by atoms with van der Waals surface area (Å²) in [6.45, 7) is 0. The number of alkyl halides is 1. The molecule has 0 saturated carbocycles. The first-order valence-electron chi connectivity index (χ1n) is 5.24. The summed E-state index contributed by atoms with van der Waals surface area (Å²) in [7, 11) is 0. The van der Waals surface area contributed by atoms with Crippen LogP contribution < -0.4 is 0 Å². The fourth-order valence-corrected chi connectivity index (χ4v) is 2.25. The molecular formula is C13H5BrF6. The van der Waals surface area contributed by atoms with Crippen LogP contribution in [0, 0.1) is 34.9 Å². The summed E-state index contributed by atoms with van der Waals surface area (Å²) in [4.78, 5) is -1.16. The summed E-state index contributed by atoms with van der Waals surface area (Å²) in [6, 6.07) is 2.15. The zero-order valence-electron chi connectivity index (χ0n) is 9.53. The highest BCUT2D eigenvalue weighted by Crippen LogP contribution is 2.34. The first-order chi connectivity index (χ1) is 9.31. The van der Waals surface area contributed by atoms with E-state index in [0.29, 0.717) is 24.3 Å². The zero-order valence-corrected chi connectivity index (χ0v) is 11.1. The Morgan fingerprint density at radius 2 is 1.15 bits per heavy atom. The molecule has 1 atom stereocenters. The monoisotopic (exact) mass is 354 g/mol. The Morgan fingerprint density at radius 1 is 0.650 bits per heavy atom. The Hall–Kier alpha value is -1.50. The van der Waals surface area contributed by atoms with E-state index in [9.17, 15) is 26.3 Å². The van der Waals surface area contributed by atoms with Crippen molar-refractivity contribution in [1.82, 2.24) is 0 Å². The summed E-state index contributed by atoms with van der Waals surface area (Å²) in [6.07, 6.45) is 0. The Labute approximate surface area is 118 Å². The first kappa shape index (κ1) is 14.9. The lowest BCUT2D eigenvalue weighted by Crippen LogP contribution is -2.02. The normalized spacial score (nSPS) is 12.6. The molecule has 20 heavy (non-hydrogen) atoms. The van der Waals surface area contributed by atoms with Gasteiger partial charge >= 0.3 is 0 Å². The SMILES string of the molecule is Fc1cc(F)c(C(Br)c2cc(F)c(F)c(F)c2)cc1F. The van der Waals surface area contributed by atoms with Crippen LogP contribution in [0.5, 0.6) is 0 Å². The van der Waals surface area contributed by atoms with Gasteiger partial charge in [0, 0.05) is 11.6 Å². The minimum absolute atomic E-state index is 0.175. The second kappa shape index (κ2) is 5.47. The van der Waals surface area contributed by atoms with E-state index < -0.39 is 39.7 Å². The molecule has 0 aliphatic rings. The van der Waals surface area contributed by atoms with Crippen LogP contribution in [0.25, 0.3) is 0 Å². The summed E-state index contributed by atoms with van der Waals surface area (Å²) >= 11 is 2.91. The van der Waals surface area contributed by atoms with Gasteiger partial charge in [0.1, 0.15) is 5.82 Å². The molecule has 0 nitrogen and oxygen atoms in total. The number of rotatable bonds is 2. The highest BCUT2D eigenvalue weighted by molar-refractivity contribution is 9.09. The van der Waals surface area contributed by atoms with Gasteiger partial charge in [-0.2, -0.15) is 0 Å². The quantitative estimate of drug-likeness (QED) is 0.308. The Balaban J connectivity index is 2.51. The largest absolute Gasteiger partial charge is 0.207 e. The topological polar surface area (TPSA) is 0 Å². The maximum atomic E-state index is 13.5. The summed E-state index contributed by atoms with van der Waals surface area (Å²) in [5.74, 6) is -8.40. The molecule has 2 aromatic rings.